The van der Waals surface area contributed by atoms with E-state index >= 15 is 0 Å². The molecule has 8 heteroatoms. The molecule has 1 fully saturated rings. The summed E-state index contributed by atoms with van der Waals surface area (Å²) in [6.07, 6.45) is 3.13. The lowest BCUT2D eigenvalue weighted by Crippen LogP contribution is -2.39. The van der Waals surface area contributed by atoms with Gasteiger partial charge in [0.2, 0.25) is 11.8 Å². The maximum atomic E-state index is 12.8. The van der Waals surface area contributed by atoms with Gasteiger partial charge in [-0.2, -0.15) is 5.10 Å². The highest BCUT2D eigenvalue weighted by atomic mass is 16.2. The van der Waals surface area contributed by atoms with Gasteiger partial charge < -0.3 is 15.1 Å². The average molecular weight is 397 g/mol. The molecule has 1 aromatic heterocycles. The van der Waals surface area contributed by atoms with Crippen LogP contribution in [0, 0.1) is 5.92 Å². The molecular weight excluding hydrogens is 370 g/mol. The van der Waals surface area contributed by atoms with Gasteiger partial charge >= 0.3 is 0 Å². The van der Waals surface area contributed by atoms with Gasteiger partial charge in [-0.05, 0) is 24.5 Å². The Morgan fingerprint density at radius 2 is 2.07 bits per heavy atom. The number of nitrogens with zero attached hydrogens (tertiary/aromatic N) is 4. The monoisotopic (exact) mass is 397 g/mol. The molecule has 154 valence electrons. The summed E-state index contributed by atoms with van der Waals surface area (Å²) >= 11 is 0. The molecule has 1 unspecified atom stereocenters. The predicted molar refractivity (Wildman–Crippen MR) is 112 cm³/mol. The third-order valence-electron chi connectivity index (χ3n) is 5.29. The van der Waals surface area contributed by atoms with Crippen molar-refractivity contribution >= 4 is 23.2 Å². The second kappa shape index (κ2) is 8.89. The Bertz CT molecular complexity index is 955. The maximum Gasteiger partial charge on any atom is 0.268 e. The van der Waals surface area contributed by atoms with Crippen LogP contribution < -0.4 is 15.8 Å². The first-order chi connectivity index (χ1) is 13.9. The van der Waals surface area contributed by atoms with Gasteiger partial charge in [-0.15, -0.1) is 0 Å². The van der Waals surface area contributed by atoms with Crippen LogP contribution in [0.2, 0.25) is 0 Å². The molecule has 0 radical (unpaired) electrons. The fourth-order valence-corrected chi connectivity index (χ4v) is 3.57. The third kappa shape index (κ3) is 4.82. The molecule has 1 N–H and O–H groups in total. The van der Waals surface area contributed by atoms with E-state index in [4.69, 9.17) is 0 Å². The van der Waals surface area contributed by atoms with Gasteiger partial charge in [0.25, 0.3) is 5.56 Å². The van der Waals surface area contributed by atoms with Crippen LogP contribution in [0.25, 0.3) is 0 Å². The van der Waals surface area contributed by atoms with Crippen LogP contribution in [0.15, 0.2) is 41.3 Å². The highest BCUT2D eigenvalue weighted by Crippen LogP contribution is 2.23. The number of aromatic nitrogens is 2. The van der Waals surface area contributed by atoms with Gasteiger partial charge in [0.05, 0.1) is 24.3 Å². The van der Waals surface area contributed by atoms with Crippen LogP contribution in [0.1, 0.15) is 18.9 Å². The molecule has 1 aliphatic rings. The molecule has 1 aromatic carbocycles. The number of hydrogen-bond acceptors (Lipinski definition) is 5. The molecule has 2 aromatic rings. The van der Waals surface area contributed by atoms with E-state index in [-0.39, 0.29) is 29.8 Å². The summed E-state index contributed by atoms with van der Waals surface area (Å²) in [6.45, 7) is 3.22. The lowest BCUT2D eigenvalue weighted by atomic mass is 10.1. The van der Waals surface area contributed by atoms with E-state index in [1.54, 1.807) is 20.3 Å². The number of amides is 2. The summed E-state index contributed by atoms with van der Waals surface area (Å²) in [7, 11) is 3.25. The van der Waals surface area contributed by atoms with E-state index in [0.29, 0.717) is 19.5 Å². The Kier molecular flexibility index (Phi) is 6.31. The highest BCUT2D eigenvalue weighted by molar-refractivity contribution is 5.95. The number of hydrogen-bond donors (Lipinski definition) is 1. The molecule has 1 saturated heterocycles. The quantitative estimate of drug-likeness (QED) is 0.793. The lowest BCUT2D eigenvalue weighted by Gasteiger charge is -2.22. The molecule has 2 heterocycles. The number of aryl methyl sites for hydroxylation is 2. The first-order valence-corrected chi connectivity index (χ1v) is 9.80. The molecular formula is C21H27N5O3. The predicted octanol–water partition coefficient (Wildman–Crippen LogP) is 1.27. The standard InChI is InChI=1S/C21H27N5O3/c1-4-15-7-5-6-8-18(15)23-19(27)14-24(2)21(29)16-9-10-26(13-16)17-11-20(28)25(3)22-12-17/h5-8,11-12,16H,4,9-10,13-14H2,1-3H3,(H,23,27). The molecule has 0 spiro atoms. The van der Waals surface area contributed by atoms with Crippen molar-refractivity contribution in [2.45, 2.75) is 19.8 Å². The zero-order valence-corrected chi connectivity index (χ0v) is 17.1. The van der Waals surface area contributed by atoms with Crippen molar-refractivity contribution in [3.63, 3.8) is 0 Å². The van der Waals surface area contributed by atoms with E-state index < -0.39 is 0 Å². The summed E-state index contributed by atoms with van der Waals surface area (Å²) in [6, 6.07) is 9.19. The van der Waals surface area contributed by atoms with Crippen LogP contribution >= 0.6 is 0 Å². The van der Waals surface area contributed by atoms with Gasteiger partial charge in [0, 0.05) is 38.9 Å². The van der Waals surface area contributed by atoms with Gasteiger partial charge in [-0.1, -0.05) is 25.1 Å². The zero-order valence-electron chi connectivity index (χ0n) is 17.1. The van der Waals surface area contributed by atoms with Gasteiger partial charge in [0.1, 0.15) is 0 Å². The number of likely N-dealkylation sites (N-methyl/N-ethyl adjacent to an activating group) is 1. The molecule has 8 nitrogen and oxygen atoms in total. The molecule has 0 bridgehead atoms. The molecule has 1 aliphatic heterocycles. The van der Waals surface area contributed by atoms with Crippen LogP contribution in [-0.4, -0.2) is 53.2 Å². The molecule has 3 rings (SSSR count). The van der Waals surface area contributed by atoms with Crippen molar-refractivity contribution in [3.8, 4) is 0 Å². The highest BCUT2D eigenvalue weighted by Gasteiger charge is 2.31. The first kappa shape index (κ1) is 20.6. The topological polar surface area (TPSA) is 87.5 Å². The SMILES string of the molecule is CCc1ccccc1NC(=O)CN(C)C(=O)C1CCN(c2cnn(C)c(=O)c2)C1. The first-order valence-electron chi connectivity index (χ1n) is 9.80. The number of rotatable bonds is 6. The van der Waals surface area contributed by atoms with Gasteiger partial charge in [-0.25, -0.2) is 4.68 Å². The smallest absolute Gasteiger partial charge is 0.268 e. The van der Waals surface area contributed by atoms with E-state index in [2.05, 4.69) is 10.4 Å². The van der Waals surface area contributed by atoms with Crippen LogP contribution in [-0.2, 0) is 23.1 Å². The number of carbonyl (C=O) groups is 2. The van der Waals surface area contributed by atoms with E-state index in [9.17, 15) is 14.4 Å². The van der Waals surface area contributed by atoms with Gasteiger partial charge in [0.15, 0.2) is 0 Å². The van der Waals surface area contributed by atoms with Crippen LogP contribution in [0.5, 0.6) is 0 Å². The largest absolute Gasteiger partial charge is 0.369 e. The van der Waals surface area contributed by atoms with Crippen molar-refractivity contribution in [1.82, 2.24) is 14.7 Å². The molecule has 0 saturated carbocycles. The minimum Gasteiger partial charge on any atom is -0.369 e. The Hall–Kier alpha value is -3.16. The number of nitrogens with one attached hydrogen (secondary N) is 1. The van der Waals surface area contributed by atoms with Crippen molar-refractivity contribution in [2.24, 2.45) is 13.0 Å². The fourth-order valence-electron chi connectivity index (χ4n) is 3.57. The van der Waals surface area contributed by atoms with Crippen molar-refractivity contribution in [1.29, 1.82) is 0 Å². The summed E-state index contributed by atoms with van der Waals surface area (Å²) in [5.74, 6) is -0.490. The normalized spacial score (nSPS) is 16.0. The third-order valence-corrected chi connectivity index (χ3v) is 5.29. The lowest BCUT2D eigenvalue weighted by molar-refractivity contribution is -0.136. The maximum absolute atomic E-state index is 12.8. The second-order valence-electron chi connectivity index (χ2n) is 7.36. The van der Waals surface area contributed by atoms with E-state index in [1.807, 2.05) is 36.1 Å². The summed E-state index contributed by atoms with van der Waals surface area (Å²) in [5.41, 5.74) is 2.38. The Balaban J connectivity index is 1.56. The summed E-state index contributed by atoms with van der Waals surface area (Å²) in [4.78, 5) is 40.4. The second-order valence-corrected chi connectivity index (χ2v) is 7.36. The molecule has 0 aliphatic carbocycles. The summed E-state index contributed by atoms with van der Waals surface area (Å²) < 4.78 is 1.27. The number of benzene rings is 1. The van der Waals surface area contributed by atoms with Crippen LogP contribution in [0.3, 0.4) is 0 Å². The van der Waals surface area contributed by atoms with Crippen molar-refractivity contribution in [2.75, 3.05) is 36.9 Å². The fraction of sp³-hybridized carbons (Fsp3) is 0.429. The van der Waals surface area contributed by atoms with Gasteiger partial charge in [-0.3, -0.25) is 14.4 Å². The number of para-hydroxylation sites is 1. The average Bonchev–Trinajstić information content (AvgIpc) is 3.20. The van der Waals surface area contributed by atoms with E-state index in [1.165, 1.54) is 15.6 Å². The number of anilines is 2. The van der Waals surface area contributed by atoms with Crippen LogP contribution in [0.4, 0.5) is 11.4 Å². The minimum absolute atomic E-state index is 0.000811. The van der Waals surface area contributed by atoms with E-state index in [0.717, 1.165) is 23.4 Å². The van der Waals surface area contributed by atoms with Crippen molar-refractivity contribution in [3.05, 3.63) is 52.4 Å². The van der Waals surface area contributed by atoms with Crippen molar-refractivity contribution < 1.29 is 9.59 Å². The number of carbonyl (C=O) groups excluding carboxylic acids is 2. The zero-order chi connectivity index (χ0) is 21.0. The molecule has 29 heavy (non-hydrogen) atoms. The Labute approximate surface area is 170 Å². The molecule has 2 amide bonds. The molecule has 1 atom stereocenters. The Morgan fingerprint density at radius 3 is 2.79 bits per heavy atom. The minimum atomic E-state index is -0.215. The Morgan fingerprint density at radius 1 is 1.31 bits per heavy atom. The summed E-state index contributed by atoms with van der Waals surface area (Å²) in [5, 5.41) is 6.93.